The first kappa shape index (κ1) is 19.1. The minimum atomic E-state index is -0.755. The fourth-order valence-electron chi connectivity index (χ4n) is 2.28. The third-order valence-corrected chi connectivity index (χ3v) is 4.39. The lowest BCUT2D eigenvalue weighted by molar-refractivity contribution is -0.419. The van der Waals surface area contributed by atoms with Crippen molar-refractivity contribution in [3.8, 4) is 0 Å². The van der Waals surface area contributed by atoms with Crippen molar-refractivity contribution in [2.75, 3.05) is 5.32 Å². The Morgan fingerprint density at radius 1 is 1.11 bits per heavy atom. The maximum atomic E-state index is 13.2. The Morgan fingerprint density at radius 3 is 2.41 bits per heavy atom. The van der Waals surface area contributed by atoms with Crippen LogP contribution < -0.4 is 5.32 Å². The average Bonchev–Trinajstić information content (AvgIpc) is 3.06. The molecule has 0 unspecified atom stereocenters. The van der Waals surface area contributed by atoms with Crippen LogP contribution in [-0.4, -0.2) is 19.9 Å². The Kier molecular flexibility index (Phi) is 5.59. The number of para-hydroxylation sites is 1. The first-order valence-corrected chi connectivity index (χ1v) is 8.45. The molecule has 1 heterocycles. The molecule has 27 heavy (non-hydrogen) atoms. The van der Waals surface area contributed by atoms with Gasteiger partial charge in [-0.05, 0) is 36.4 Å². The second-order valence-electron chi connectivity index (χ2n) is 5.15. The quantitative estimate of drug-likeness (QED) is 0.352. The third-order valence-electron chi connectivity index (χ3n) is 3.45. The highest BCUT2D eigenvalue weighted by Crippen LogP contribution is 2.31. The van der Waals surface area contributed by atoms with Gasteiger partial charge < -0.3 is 5.32 Å². The summed E-state index contributed by atoms with van der Waals surface area (Å²) in [6.07, 6.45) is 0. The van der Waals surface area contributed by atoms with Crippen molar-refractivity contribution in [1.82, 2.24) is 15.0 Å². The van der Waals surface area contributed by atoms with E-state index < -0.39 is 26.0 Å². The lowest BCUT2D eigenvalue weighted by Gasteiger charge is -2.12. The molecule has 3 aromatic rings. The molecule has 11 heteroatoms. The lowest BCUT2D eigenvalue weighted by atomic mass is 10.3. The zero-order valence-corrected chi connectivity index (χ0v) is 15.5. The van der Waals surface area contributed by atoms with E-state index in [2.05, 4.69) is 15.6 Å². The summed E-state index contributed by atoms with van der Waals surface area (Å²) in [7, 11) is 0. The lowest BCUT2D eigenvalue weighted by Crippen LogP contribution is -2.16. The summed E-state index contributed by atoms with van der Waals surface area (Å²) >= 11 is 17.3. The molecule has 7 nitrogen and oxygen atoms in total. The van der Waals surface area contributed by atoms with Crippen LogP contribution in [-0.2, 0) is 0 Å². The van der Waals surface area contributed by atoms with Crippen LogP contribution in [0, 0.1) is 15.9 Å². The fraction of sp³-hybridized carbons (Fsp3) is 0. The number of hydrogen-bond donors (Lipinski definition) is 1. The van der Waals surface area contributed by atoms with Crippen molar-refractivity contribution in [3.05, 3.63) is 79.7 Å². The van der Waals surface area contributed by atoms with Gasteiger partial charge in [0, 0.05) is 5.69 Å². The van der Waals surface area contributed by atoms with E-state index in [1.807, 2.05) is 0 Å². The van der Waals surface area contributed by atoms with Crippen molar-refractivity contribution in [3.63, 3.8) is 0 Å². The monoisotopic (exact) mass is 427 g/mol. The van der Waals surface area contributed by atoms with E-state index in [-0.39, 0.29) is 5.82 Å². The molecule has 0 amide bonds. The first-order valence-electron chi connectivity index (χ1n) is 7.31. The Hall–Kier alpha value is -2.68. The van der Waals surface area contributed by atoms with E-state index in [9.17, 15) is 14.5 Å². The van der Waals surface area contributed by atoms with Crippen molar-refractivity contribution in [2.24, 2.45) is 0 Å². The minimum Gasteiger partial charge on any atom is -0.334 e. The van der Waals surface area contributed by atoms with Crippen LogP contribution in [0.25, 0.3) is 16.9 Å². The molecule has 0 atom stereocenters. The van der Waals surface area contributed by atoms with E-state index in [1.165, 1.54) is 28.9 Å². The SMILES string of the molecule is O=[N+]([O-])/C(C(Cl)=C(Cl)Cl)=C(\Nc1ccc(F)cc1)n1nnc2ccccc21. The molecule has 0 radical (unpaired) electrons. The number of hydrogen-bond acceptors (Lipinski definition) is 5. The standard InChI is InChI=1S/C16H9Cl3FN5O2/c17-13(15(18)19)14(25(26)27)16(21-10-7-5-9(20)6-8-10)24-12-4-2-1-3-11(12)22-23-24/h1-8,21H/b16-14+. The first-order chi connectivity index (χ1) is 12.9. The second kappa shape index (κ2) is 7.91. The van der Waals surface area contributed by atoms with E-state index in [4.69, 9.17) is 34.8 Å². The number of allylic oxidation sites excluding steroid dienone is 1. The number of nitrogens with one attached hydrogen (secondary N) is 1. The number of halogens is 4. The van der Waals surface area contributed by atoms with E-state index in [0.717, 1.165) is 0 Å². The molecule has 2 aromatic carbocycles. The van der Waals surface area contributed by atoms with Crippen molar-refractivity contribution < 1.29 is 9.31 Å². The largest absolute Gasteiger partial charge is 0.334 e. The number of rotatable bonds is 5. The topological polar surface area (TPSA) is 85.9 Å². The van der Waals surface area contributed by atoms with Crippen molar-refractivity contribution in [2.45, 2.75) is 0 Å². The molecule has 0 spiro atoms. The predicted octanol–water partition coefficient (Wildman–Crippen LogP) is 4.97. The summed E-state index contributed by atoms with van der Waals surface area (Å²) in [4.78, 5) is 11.0. The molecule has 138 valence electrons. The summed E-state index contributed by atoms with van der Waals surface area (Å²) < 4.78 is 13.9. The molecular formula is C16H9Cl3FN5O2. The molecule has 0 aliphatic heterocycles. The highest BCUT2D eigenvalue weighted by Gasteiger charge is 2.28. The van der Waals surface area contributed by atoms with Crippen molar-refractivity contribution >= 4 is 57.3 Å². The predicted molar refractivity (Wildman–Crippen MR) is 102 cm³/mol. The smallest absolute Gasteiger partial charge is 0.332 e. The molecule has 0 fully saturated rings. The van der Waals surface area contributed by atoms with E-state index >= 15 is 0 Å². The highest BCUT2D eigenvalue weighted by atomic mass is 35.5. The molecule has 1 aromatic heterocycles. The molecular weight excluding hydrogens is 420 g/mol. The van der Waals surface area contributed by atoms with Crippen LogP contribution in [0.5, 0.6) is 0 Å². The van der Waals surface area contributed by atoms with Crippen LogP contribution in [0.4, 0.5) is 10.1 Å². The zero-order valence-electron chi connectivity index (χ0n) is 13.2. The Labute approximate surface area is 166 Å². The highest BCUT2D eigenvalue weighted by molar-refractivity contribution is 6.59. The van der Waals surface area contributed by atoms with Crippen LogP contribution >= 0.6 is 34.8 Å². The van der Waals surface area contributed by atoms with Gasteiger partial charge in [0.25, 0.3) is 0 Å². The van der Waals surface area contributed by atoms with Gasteiger partial charge in [0.1, 0.15) is 15.8 Å². The summed E-state index contributed by atoms with van der Waals surface area (Å²) in [6.45, 7) is 0. The summed E-state index contributed by atoms with van der Waals surface area (Å²) in [5, 5.41) is 22.0. The second-order valence-corrected chi connectivity index (χ2v) is 6.48. The molecule has 0 aliphatic carbocycles. The van der Waals surface area contributed by atoms with E-state index in [0.29, 0.717) is 16.7 Å². The maximum Gasteiger partial charge on any atom is 0.332 e. The van der Waals surface area contributed by atoms with Gasteiger partial charge in [0.05, 0.1) is 10.4 Å². The number of nitrogens with zero attached hydrogens (tertiary/aromatic N) is 4. The number of fused-ring (bicyclic) bond motifs is 1. The van der Waals surface area contributed by atoms with Crippen LogP contribution in [0.15, 0.2) is 63.8 Å². The fourth-order valence-corrected chi connectivity index (χ4v) is 2.61. The number of anilines is 1. The van der Waals surface area contributed by atoms with Gasteiger partial charge in [0.2, 0.25) is 5.82 Å². The average molecular weight is 429 g/mol. The van der Waals surface area contributed by atoms with Gasteiger partial charge in [-0.3, -0.25) is 10.1 Å². The minimum absolute atomic E-state index is 0.163. The molecule has 3 rings (SSSR count). The van der Waals surface area contributed by atoms with Crippen LogP contribution in [0.1, 0.15) is 0 Å². The number of benzene rings is 2. The Balaban J connectivity index is 2.28. The summed E-state index contributed by atoms with van der Waals surface area (Å²) in [5.74, 6) is -0.627. The Morgan fingerprint density at radius 2 is 1.78 bits per heavy atom. The maximum absolute atomic E-state index is 13.2. The molecule has 0 aliphatic rings. The molecule has 0 saturated carbocycles. The van der Waals surface area contributed by atoms with Gasteiger partial charge in [-0.1, -0.05) is 52.1 Å². The van der Waals surface area contributed by atoms with E-state index in [1.54, 1.807) is 24.3 Å². The molecule has 0 bridgehead atoms. The van der Waals surface area contributed by atoms with Gasteiger partial charge in [0.15, 0.2) is 5.03 Å². The van der Waals surface area contributed by atoms with Gasteiger partial charge in [-0.25, -0.2) is 4.39 Å². The molecule has 0 saturated heterocycles. The number of aromatic nitrogens is 3. The Bertz CT molecular complexity index is 1080. The van der Waals surface area contributed by atoms with Gasteiger partial charge in [-0.2, -0.15) is 4.68 Å². The summed E-state index contributed by atoms with van der Waals surface area (Å²) in [5.41, 5.74) is 0.685. The van der Waals surface area contributed by atoms with Gasteiger partial charge >= 0.3 is 5.70 Å². The van der Waals surface area contributed by atoms with Crippen molar-refractivity contribution in [1.29, 1.82) is 0 Å². The number of nitro groups is 1. The van der Waals surface area contributed by atoms with Crippen LogP contribution in [0.3, 0.4) is 0 Å². The molecule has 1 N–H and O–H groups in total. The van der Waals surface area contributed by atoms with Crippen LogP contribution in [0.2, 0.25) is 0 Å². The zero-order chi connectivity index (χ0) is 19.6. The normalized spacial score (nSPS) is 11.9. The third kappa shape index (κ3) is 4.02. The van der Waals surface area contributed by atoms with Gasteiger partial charge in [-0.15, -0.1) is 5.10 Å². The summed E-state index contributed by atoms with van der Waals surface area (Å²) in [6, 6.07) is 12.0.